The molecular formula is C28H28N8O3S. The predicted octanol–water partition coefficient (Wildman–Crippen LogP) is 2.53. The number of pyridine rings is 3. The van der Waals surface area contributed by atoms with Gasteiger partial charge in [-0.2, -0.15) is 9.19 Å². The Morgan fingerprint density at radius 1 is 0.925 bits per heavy atom. The van der Waals surface area contributed by atoms with Crippen molar-refractivity contribution in [1.29, 1.82) is 0 Å². The fourth-order valence-corrected chi connectivity index (χ4v) is 5.48. The van der Waals surface area contributed by atoms with Crippen LogP contribution < -0.4 is 10.2 Å². The first-order chi connectivity index (χ1) is 19.2. The van der Waals surface area contributed by atoms with E-state index in [1.54, 1.807) is 18.3 Å². The van der Waals surface area contributed by atoms with Gasteiger partial charge in [0.25, 0.3) is 15.9 Å². The summed E-state index contributed by atoms with van der Waals surface area (Å²) in [5, 5.41) is 8.29. The molecule has 0 aliphatic carbocycles. The number of rotatable bonds is 6. The van der Waals surface area contributed by atoms with Crippen molar-refractivity contribution in [1.82, 2.24) is 34.4 Å². The largest absolute Gasteiger partial charge is 0.354 e. The van der Waals surface area contributed by atoms with E-state index in [4.69, 9.17) is 9.97 Å². The predicted molar refractivity (Wildman–Crippen MR) is 154 cm³/mol. The lowest BCUT2D eigenvalue weighted by Gasteiger charge is -2.33. The van der Waals surface area contributed by atoms with E-state index < -0.39 is 10.0 Å². The Morgan fingerprint density at radius 3 is 2.50 bits per heavy atom. The highest BCUT2D eigenvalue weighted by molar-refractivity contribution is 7.89. The molecule has 12 heteroatoms. The number of nitrogens with one attached hydrogen (secondary N) is 1. The number of fused-ring (bicyclic) bond motifs is 2. The third-order valence-corrected chi connectivity index (χ3v) is 7.92. The van der Waals surface area contributed by atoms with Crippen LogP contribution in [0.15, 0.2) is 67.0 Å². The lowest BCUT2D eigenvalue weighted by molar-refractivity contribution is 0.0950. The highest BCUT2D eigenvalue weighted by atomic mass is 32.2. The number of aromatic nitrogens is 5. The number of nitrogens with zero attached hydrogens (tertiary/aromatic N) is 7. The molecule has 11 nitrogen and oxygen atoms in total. The van der Waals surface area contributed by atoms with E-state index in [1.165, 1.54) is 12.3 Å². The fraction of sp³-hybridized carbons (Fsp3) is 0.250. The Balaban J connectivity index is 1.20. The number of carbonyl (C=O) groups is 1. The Hall–Kier alpha value is -4.42. The molecule has 40 heavy (non-hydrogen) atoms. The van der Waals surface area contributed by atoms with E-state index in [0.717, 1.165) is 64.6 Å². The average molecular weight is 557 g/mol. The lowest BCUT2D eigenvalue weighted by atomic mass is 10.1. The maximum atomic E-state index is 12.9. The molecule has 0 saturated carbocycles. The van der Waals surface area contributed by atoms with Gasteiger partial charge < -0.3 is 15.1 Å². The molecule has 0 unspecified atom stereocenters. The van der Waals surface area contributed by atoms with E-state index in [1.807, 2.05) is 36.4 Å². The van der Waals surface area contributed by atoms with Crippen molar-refractivity contribution in [3.05, 3.63) is 78.2 Å². The molecule has 5 aromatic rings. The summed E-state index contributed by atoms with van der Waals surface area (Å²) in [6.07, 6.45) is 4.26. The van der Waals surface area contributed by atoms with Crippen molar-refractivity contribution in [2.45, 2.75) is 6.54 Å². The molecule has 4 aromatic heterocycles. The average Bonchev–Trinajstić information content (AvgIpc) is 3.40. The Labute approximate surface area is 231 Å². The molecule has 0 atom stereocenters. The molecule has 1 aliphatic heterocycles. The molecule has 0 bridgehead atoms. The van der Waals surface area contributed by atoms with Gasteiger partial charge in [-0.05, 0) is 49.5 Å². The number of hydrogen-bond donors (Lipinski definition) is 1. The van der Waals surface area contributed by atoms with Gasteiger partial charge in [-0.25, -0.2) is 18.4 Å². The maximum absolute atomic E-state index is 12.9. The minimum atomic E-state index is -3.59. The normalized spacial score (nSPS) is 14.6. The zero-order valence-corrected chi connectivity index (χ0v) is 23.0. The van der Waals surface area contributed by atoms with Gasteiger partial charge in [-0.3, -0.25) is 9.78 Å². The van der Waals surface area contributed by atoms with Gasteiger partial charge in [0.15, 0.2) is 0 Å². The van der Waals surface area contributed by atoms with Gasteiger partial charge in [0, 0.05) is 48.7 Å². The second kappa shape index (κ2) is 10.3. The van der Waals surface area contributed by atoms with E-state index in [9.17, 15) is 13.2 Å². The number of benzene rings is 1. The van der Waals surface area contributed by atoms with E-state index in [2.05, 4.69) is 32.2 Å². The summed E-state index contributed by atoms with van der Waals surface area (Å²) in [6, 6.07) is 16.6. The molecule has 1 amide bonds. The maximum Gasteiger partial charge on any atom is 0.251 e. The minimum absolute atomic E-state index is 0.182. The number of piperazine rings is 1. The zero-order chi connectivity index (χ0) is 27.9. The SMILES string of the molecule is CN1CCN(c2cccc(-c3ccc4cnc(CNC(=O)c5ccc6cnn(S(C)(=O)=O)c6c5)cc4n3)n2)CC1. The zero-order valence-electron chi connectivity index (χ0n) is 22.1. The number of amides is 1. The number of likely N-dealkylation sites (N-methyl/N-ethyl adjacent to an activating group) is 1. The molecule has 1 aliphatic rings. The van der Waals surface area contributed by atoms with Crippen molar-refractivity contribution < 1.29 is 13.2 Å². The van der Waals surface area contributed by atoms with Crippen molar-refractivity contribution in [3.63, 3.8) is 0 Å². The van der Waals surface area contributed by atoms with Crippen molar-refractivity contribution in [3.8, 4) is 11.4 Å². The second-order valence-corrected chi connectivity index (χ2v) is 11.8. The number of anilines is 1. The minimum Gasteiger partial charge on any atom is -0.354 e. The molecule has 1 N–H and O–H groups in total. The Bertz CT molecular complexity index is 1850. The fourth-order valence-electron chi connectivity index (χ4n) is 4.75. The summed E-state index contributed by atoms with van der Waals surface area (Å²) >= 11 is 0. The van der Waals surface area contributed by atoms with Crippen molar-refractivity contribution >= 4 is 43.6 Å². The van der Waals surface area contributed by atoms with Crippen LogP contribution in [0.5, 0.6) is 0 Å². The van der Waals surface area contributed by atoms with Crippen LogP contribution in [0.3, 0.4) is 0 Å². The quantitative estimate of drug-likeness (QED) is 0.336. The molecule has 204 valence electrons. The summed E-state index contributed by atoms with van der Waals surface area (Å²) in [7, 11) is -1.46. The Morgan fingerprint density at radius 2 is 1.70 bits per heavy atom. The summed E-state index contributed by atoms with van der Waals surface area (Å²) in [5.74, 6) is 0.597. The van der Waals surface area contributed by atoms with Crippen LogP contribution in [0.25, 0.3) is 33.2 Å². The topological polar surface area (TPSA) is 126 Å². The summed E-state index contributed by atoms with van der Waals surface area (Å²) in [4.78, 5) is 31.7. The summed E-state index contributed by atoms with van der Waals surface area (Å²) < 4.78 is 24.9. The summed E-state index contributed by atoms with van der Waals surface area (Å²) in [6.45, 7) is 4.07. The van der Waals surface area contributed by atoms with Crippen LogP contribution in [0.1, 0.15) is 16.1 Å². The molecule has 0 radical (unpaired) electrons. The van der Waals surface area contributed by atoms with Crippen molar-refractivity contribution in [2.75, 3.05) is 44.4 Å². The van der Waals surface area contributed by atoms with Crippen LogP contribution in [0, 0.1) is 0 Å². The first-order valence-electron chi connectivity index (χ1n) is 12.9. The number of carbonyl (C=O) groups excluding carboxylic acids is 1. The van der Waals surface area contributed by atoms with Gasteiger partial charge in [-0.1, -0.05) is 12.1 Å². The van der Waals surface area contributed by atoms with Crippen molar-refractivity contribution in [2.24, 2.45) is 0 Å². The molecule has 0 spiro atoms. The van der Waals surface area contributed by atoms with Gasteiger partial charge in [0.2, 0.25) is 0 Å². The van der Waals surface area contributed by atoms with Crippen LogP contribution in [0.2, 0.25) is 0 Å². The van der Waals surface area contributed by atoms with Gasteiger partial charge in [0.05, 0.1) is 47.1 Å². The van der Waals surface area contributed by atoms with E-state index in [-0.39, 0.29) is 12.5 Å². The molecule has 6 rings (SSSR count). The van der Waals surface area contributed by atoms with Gasteiger partial charge in [0.1, 0.15) is 5.82 Å². The third kappa shape index (κ3) is 5.23. The molecule has 1 saturated heterocycles. The molecular weight excluding hydrogens is 528 g/mol. The van der Waals surface area contributed by atoms with Crippen LogP contribution >= 0.6 is 0 Å². The van der Waals surface area contributed by atoms with Crippen LogP contribution in [0.4, 0.5) is 5.82 Å². The summed E-state index contributed by atoms with van der Waals surface area (Å²) in [5.41, 5.74) is 3.63. The standard InChI is InChI=1S/C28H28N8O3S/c1-34-10-12-35(13-11-34)27-5-3-4-23(33-27)24-9-8-20-16-29-22(15-25(20)32-24)18-30-28(37)19-6-7-21-17-31-36(26(21)14-19)40(2,38)39/h3-9,14-17H,10-13,18H2,1-2H3,(H,30,37). The molecule has 1 fully saturated rings. The van der Waals surface area contributed by atoms with Crippen LogP contribution in [-0.4, -0.2) is 82.8 Å². The van der Waals surface area contributed by atoms with Gasteiger partial charge >= 0.3 is 0 Å². The molecule has 5 heterocycles. The van der Waals surface area contributed by atoms with E-state index >= 15 is 0 Å². The highest BCUT2D eigenvalue weighted by Crippen LogP contribution is 2.23. The number of hydrogen-bond acceptors (Lipinski definition) is 9. The van der Waals surface area contributed by atoms with Crippen LogP contribution in [-0.2, 0) is 16.6 Å². The third-order valence-electron chi connectivity index (χ3n) is 7.00. The smallest absolute Gasteiger partial charge is 0.251 e. The monoisotopic (exact) mass is 556 g/mol. The first-order valence-corrected chi connectivity index (χ1v) is 14.7. The van der Waals surface area contributed by atoms with E-state index in [0.29, 0.717) is 22.2 Å². The Kier molecular flexibility index (Phi) is 6.64. The second-order valence-electron chi connectivity index (χ2n) is 9.94. The highest BCUT2D eigenvalue weighted by Gasteiger charge is 2.17. The molecule has 1 aromatic carbocycles. The van der Waals surface area contributed by atoms with Gasteiger partial charge in [-0.15, -0.1) is 0 Å². The lowest BCUT2D eigenvalue weighted by Crippen LogP contribution is -2.44. The first kappa shape index (κ1) is 25.8.